The van der Waals surface area contributed by atoms with E-state index >= 15 is 0 Å². The summed E-state index contributed by atoms with van der Waals surface area (Å²) in [7, 11) is -3.07. The fraction of sp³-hybridized carbons (Fsp3) is 1.00. The van der Waals surface area contributed by atoms with Gasteiger partial charge in [0, 0.05) is 6.04 Å². The zero-order valence-corrected chi connectivity index (χ0v) is 11.7. The van der Waals surface area contributed by atoms with Crippen LogP contribution in [0, 0.1) is 11.3 Å². The molecule has 0 heterocycles. The number of rotatable bonds is 4. The highest BCUT2D eigenvalue weighted by molar-refractivity contribution is 7.89. The molecule has 16 heavy (non-hydrogen) atoms. The van der Waals surface area contributed by atoms with Crippen LogP contribution in [0.5, 0.6) is 0 Å². The number of sulfonamides is 1. The minimum Gasteiger partial charge on any atom is -0.212 e. The summed E-state index contributed by atoms with van der Waals surface area (Å²) >= 11 is 0. The lowest BCUT2D eigenvalue weighted by atomic mass is 9.94. The van der Waals surface area contributed by atoms with Crippen molar-refractivity contribution in [1.82, 2.24) is 4.72 Å². The topological polar surface area (TPSA) is 46.2 Å². The van der Waals surface area contributed by atoms with Gasteiger partial charge in [-0.3, -0.25) is 0 Å². The molecule has 2 atom stereocenters. The van der Waals surface area contributed by atoms with E-state index in [0.717, 1.165) is 19.3 Å². The van der Waals surface area contributed by atoms with Crippen molar-refractivity contribution in [3.63, 3.8) is 0 Å². The van der Waals surface area contributed by atoms with Crippen LogP contribution in [0.25, 0.3) is 0 Å². The van der Waals surface area contributed by atoms with E-state index in [9.17, 15) is 8.42 Å². The van der Waals surface area contributed by atoms with E-state index < -0.39 is 10.0 Å². The molecule has 0 saturated heterocycles. The molecular weight excluding hydrogens is 222 g/mol. The second kappa shape index (κ2) is 5.05. The maximum atomic E-state index is 11.8. The first-order valence-corrected chi connectivity index (χ1v) is 7.83. The van der Waals surface area contributed by atoms with Crippen LogP contribution in [0.4, 0.5) is 0 Å². The number of nitrogens with one attached hydrogen (secondary N) is 1. The largest absolute Gasteiger partial charge is 0.212 e. The van der Waals surface area contributed by atoms with Gasteiger partial charge in [0.15, 0.2) is 0 Å². The molecule has 4 heteroatoms. The fourth-order valence-electron chi connectivity index (χ4n) is 2.07. The summed E-state index contributed by atoms with van der Waals surface area (Å²) in [6.07, 6.45) is 3.85. The van der Waals surface area contributed by atoms with Crippen molar-refractivity contribution >= 4 is 10.0 Å². The number of hydrogen-bond acceptors (Lipinski definition) is 2. The summed E-state index contributed by atoms with van der Waals surface area (Å²) in [4.78, 5) is 0. The smallest absolute Gasteiger partial charge is 0.211 e. The molecule has 3 nitrogen and oxygen atoms in total. The minimum atomic E-state index is -3.07. The Morgan fingerprint density at radius 1 is 1.25 bits per heavy atom. The van der Waals surface area contributed by atoms with E-state index in [1.54, 1.807) is 0 Å². The van der Waals surface area contributed by atoms with Crippen molar-refractivity contribution in [2.75, 3.05) is 5.75 Å². The van der Waals surface area contributed by atoms with Crippen LogP contribution in [0.1, 0.15) is 53.4 Å². The van der Waals surface area contributed by atoms with E-state index in [2.05, 4.69) is 32.4 Å². The Balaban J connectivity index is 2.40. The van der Waals surface area contributed by atoms with Gasteiger partial charge < -0.3 is 0 Å². The van der Waals surface area contributed by atoms with Gasteiger partial charge in [0.2, 0.25) is 10.0 Å². The molecule has 2 unspecified atom stereocenters. The molecular formula is C12H25NO2S. The molecule has 96 valence electrons. The Kier molecular flexibility index (Phi) is 4.41. The third kappa shape index (κ3) is 5.30. The number of hydrogen-bond donors (Lipinski definition) is 1. The molecule has 0 aromatic carbocycles. The van der Waals surface area contributed by atoms with Gasteiger partial charge in [-0.1, -0.05) is 27.7 Å². The van der Waals surface area contributed by atoms with Crippen molar-refractivity contribution < 1.29 is 8.42 Å². The highest BCUT2D eigenvalue weighted by atomic mass is 32.2. The zero-order chi connectivity index (χ0) is 12.4. The van der Waals surface area contributed by atoms with E-state index in [4.69, 9.17) is 0 Å². The normalized spacial score (nSPS) is 27.2. The van der Waals surface area contributed by atoms with Crippen molar-refractivity contribution in [1.29, 1.82) is 0 Å². The molecule has 0 aromatic rings. The average molecular weight is 247 g/mol. The highest BCUT2D eigenvalue weighted by Gasteiger charge is 2.26. The summed E-state index contributed by atoms with van der Waals surface area (Å²) in [5, 5.41) is 0. The van der Waals surface area contributed by atoms with Crippen LogP contribution in [-0.2, 0) is 10.0 Å². The Morgan fingerprint density at radius 3 is 2.31 bits per heavy atom. The van der Waals surface area contributed by atoms with Gasteiger partial charge in [-0.2, -0.15) is 0 Å². The van der Waals surface area contributed by atoms with Gasteiger partial charge >= 0.3 is 0 Å². The SMILES string of the molecule is CC1CCC(NS(=O)(=O)CCC(C)(C)C)C1. The summed E-state index contributed by atoms with van der Waals surface area (Å²) in [6, 6.07) is 0.181. The second-order valence-corrected chi connectivity index (χ2v) is 8.24. The third-order valence-electron chi connectivity index (χ3n) is 3.16. The maximum Gasteiger partial charge on any atom is 0.211 e. The first-order chi connectivity index (χ1) is 7.18. The summed E-state index contributed by atoms with van der Waals surface area (Å²) in [5.41, 5.74) is 0.0811. The monoisotopic (exact) mass is 247 g/mol. The summed E-state index contributed by atoms with van der Waals surface area (Å²) < 4.78 is 26.5. The average Bonchev–Trinajstić information content (AvgIpc) is 2.46. The Labute approximate surface area is 100 Å². The minimum absolute atomic E-state index is 0.0811. The molecule has 0 amide bonds. The fourth-order valence-corrected chi connectivity index (χ4v) is 3.79. The molecule has 0 spiro atoms. The summed E-state index contributed by atoms with van der Waals surface area (Å²) in [5.74, 6) is 0.914. The van der Waals surface area contributed by atoms with Gasteiger partial charge in [0.1, 0.15) is 0 Å². The van der Waals surface area contributed by atoms with E-state index in [1.807, 2.05) is 0 Å². The van der Waals surface area contributed by atoms with Crippen LogP contribution in [0.3, 0.4) is 0 Å². The molecule has 1 fully saturated rings. The van der Waals surface area contributed by atoms with E-state index in [-0.39, 0.29) is 17.2 Å². The second-order valence-electron chi connectivity index (χ2n) is 6.36. The van der Waals surface area contributed by atoms with Crippen molar-refractivity contribution in [3.05, 3.63) is 0 Å². The van der Waals surface area contributed by atoms with Gasteiger partial charge in [-0.25, -0.2) is 13.1 Å². The standard InChI is InChI=1S/C12H25NO2S/c1-10-5-6-11(9-10)13-16(14,15)8-7-12(2,3)4/h10-11,13H,5-9H2,1-4H3. The van der Waals surface area contributed by atoms with Crippen molar-refractivity contribution in [3.8, 4) is 0 Å². The van der Waals surface area contributed by atoms with Crippen LogP contribution in [-0.4, -0.2) is 20.2 Å². The molecule has 1 N–H and O–H groups in total. The van der Waals surface area contributed by atoms with Crippen LogP contribution < -0.4 is 4.72 Å². The lowest BCUT2D eigenvalue weighted by molar-refractivity contribution is 0.395. The van der Waals surface area contributed by atoms with Crippen LogP contribution in [0.2, 0.25) is 0 Å². The Hall–Kier alpha value is -0.0900. The third-order valence-corrected chi connectivity index (χ3v) is 4.60. The first-order valence-electron chi connectivity index (χ1n) is 6.18. The van der Waals surface area contributed by atoms with Gasteiger partial charge in [0.25, 0.3) is 0 Å². The Morgan fingerprint density at radius 2 is 1.88 bits per heavy atom. The van der Waals surface area contributed by atoms with Crippen molar-refractivity contribution in [2.24, 2.45) is 11.3 Å². The van der Waals surface area contributed by atoms with Gasteiger partial charge in [0.05, 0.1) is 5.75 Å². The molecule has 1 aliphatic rings. The molecule has 1 aliphatic carbocycles. The van der Waals surface area contributed by atoms with Crippen molar-refractivity contribution in [2.45, 2.75) is 59.4 Å². The molecule has 1 rings (SSSR count). The molecule has 0 aliphatic heterocycles. The van der Waals surface area contributed by atoms with Crippen LogP contribution in [0.15, 0.2) is 0 Å². The van der Waals surface area contributed by atoms with Gasteiger partial charge in [-0.05, 0) is 37.0 Å². The molecule has 0 bridgehead atoms. The molecule has 1 saturated carbocycles. The first kappa shape index (κ1) is 14.0. The predicted molar refractivity (Wildman–Crippen MR) is 67.8 cm³/mol. The summed E-state index contributed by atoms with van der Waals surface area (Å²) in [6.45, 7) is 8.39. The Bertz CT molecular complexity index is 316. The van der Waals surface area contributed by atoms with Gasteiger partial charge in [-0.15, -0.1) is 0 Å². The zero-order valence-electron chi connectivity index (χ0n) is 10.9. The maximum absolute atomic E-state index is 11.8. The van der Waals surface area contributed by atoms with E-state index in [0.29, 0.717) is 12.3 Å². The lowest BCUT2D eigenvalue weighted by Gasteiger charge is -2.19. The molecule has 0 radical (unpaired) electrons. The van der Waals surface area contributed by atoms with E-state index in [1.165, 1.54) is 0 Å². The lowest BCUT2D eigenvalue weighted by Crippen LogP contribution is -2.35. The highest BCUT2D eigenvalue weighted by Crippen LogP contribution is 2.25. The quantitative estimate of drug-likeness (QED) is 0.830. The molecule has 0 aromatic heterocycles. The van der Waals surface area contributed by atoms with Crippen LogP contribution >= 0.6 is 0 Å². The predicted octanol–water partition coefficient (Wildman–Crippen LogP) is 2.53.